The molecule has 0 bridgehead atoms. The molecule has 16 heavy (non-hydrogen) atoms. The topological polar surface area (TPSA) is 23.5 Å². The number of aliphatic hydroxyl groups is 1. The molecule has 2 nitrogen and oxygen atoms in total. The van der Waals surface area contributed by atoms with Crippen molar-refractivity contribution in [2.24, 2.45) is 0 Å². The fraction of sp³-hybridized carbons (Fsp3) is 0.538. The Morgan fingerprint density at radius 1 is 1.38 bits per heavy atom. The molecule has 0 aromatic heterocycles. The molecule has 0 aliphatic rings. The van der Waals surface area contributed by atoms with Crippen LogP contribution in [0.2, 0.25) is 5.02 Å². The van der Waals surface area contributed by atoms with Gasteiger partial charge in [-0.2, -0.15) is 0 Å². The van der Waals surface area contributed by atoms with E-state index in [0.29, 0.717) is 12.6 Å². The Kier molecular flexibility index (Phi) is 5.26. The van der Waals surface area contributed by atoms with Gasteiger partial charge in [0.25, 0.3) is 0 Å². The maximum absolute atomic E-state index is 9.00. The Morgan fingerprint density at radius 3 is 2.56 bits per heavy atom. The van der Waals surface area contributed by atoms with Gasteiger partial charge in [0.05, 0.1) is 6.61 Å². The van der Waals surface area contributed by atoms with Crippen molar-refractivity contribution < 1.29 is 5.11 Å². The summed E-state index contributed by atoms with van der Waals surface area (Å²) >= 11 is 5.99. The molecule has 0 aliphatic carbocycles. The van der Waals surface area contributed by atoms with E-state index in [1.807, 2.05) is 19.1 Å². The smallest absolute Gasteiger partial charge is 0.0558 e. The molecule has 0 heterocycles. The molecular weight excluding hydrogens is 222 g/mol. The summed E-state index contributed by atoms with van der Waals surface area (Å²) < 4.78 is 0. The summed E-state index contributed by atoms with van der Waals surface area (Å²) in [6, 6.07) is 6.52. The number of hydrogen-bond donors (Lipinski definition) is 1. The van der Waals surface area contributed by atoms with Crippen LogP contribution in [0.25, 0.3) is 0 Å². The predicted octanol–water partition coefficient (Wildman–Crippen LogP) is 2.85. The van der Waals surface area contributed by atoms with Gasteiger partial charge in [-0.15, -0.1) is 0 Å². The number of benzene rings is 1. The van der Waals surface area contributed by atoms with E-state index in [1.54, 1.807) is 0 Å². The summed E-state index contributed by atoms with van der Waals surface area (Å²) in [5, 5.41) is 9.81. The Labute approximate surface area is 103 Å². The highest BCUT2D eigenvalue weighted by Crippen LogP contribution is 2.17. The van der Waals surface area contributed by atoms with Crippen LogP contribution < -0.4 is 0 Å². The molecule has 90 valence electrons. The van der Waals surface area contributed by atoms with Crippen molar-refractivity contribution in [2.45, 2.75) is 33.4 Å². The number of aryl methyl sites for hydroxylation is 1. The zero-order valence-corrected chi connectivity index (χ0v) is 11.0. The molecule has 1 aromatic carbocycles. The van der Waals surface area contributed by atoms with Crippen molar-refractivity contribution in [3.05, 3.63) is 34.3 Å². The average Bonchev–Trinajstić information content (AvgIpc) is 2.22. The summed E-state index contributed by atoms with van der Waals surface area (Å²) in [5.41, 5.74) is 2.34. The molecule has 1 rings (SSSR count). The van der Waals surface area contributed by atoms with Crippen LogP contribution in [0.5, 0.6) is 0 Å². The zero-order valence-electron chi connectivity index (χ0n) is 10.2. The van der Waals surface area contributed by atoms with Gasteiger partial charge in [-0.3, -0.25) is 4.90 Å². The minimum Gasteiger partial charge on any atom is -0.395 e. The minimum atomic E-state index is 0.199. The summed E-state index contributed by atoms with van der Waals surface area (Å²) in [7, 11) is 0. The average molecular weight is 242 g/mol. The number of aliphatic hydroxyl groups excluding tert-OH is 1. The lowest BCUT2D eigenvalue weighted by Gasteiger charge is -2.25. The first-order chi connectivity index (χ1) is 7.54. The summed E-state index contributed by atoms with van der Waals surface area (Å²) in [4.78, 5) is 2.24. The number of nitrogens with zero attached hydrogens (tertiary/aromatic N) is 1. The first-order valence-electron chi connectivity index (χ1n) is 5.64. The molecule has 0 spiro atoms. The largest absolute Gasteiger partial charge is 0.395 e. The fourth-order valence-corrected chi connectivity index (χ4v) is 1.81. The van der Waals surface area contributed by atoms with Crippen molar-refractivity contribution in [2.75, 3.05) is 13.2 Å². The summed E-state index contributed by atoms with van der Waals surface area (Å²) in [5.74, 6) is 0. The van der Waals surface area contributed by atoms with E-state index in [0.717, 1.165) is 17.1 Å². The Hall–Kier alpha value is -0.570. The second kappa shape index (κ2) is 6.24. The van der Waals surface area contributed by atoms with Gasteiger partial charge in [0.15, 0.2) is 0 Å². The van der Waals surface area contributed by atoms with Gasteiger partial charge in [0.1, 0.15) is 0 Å². The van der Waals surface area contributed by atoms with E-state index in [-0.39, 0.29) is 6.61 Å². The number of halogens is 1. The first-order valence-corrected chi connectivity index (χ1v) is 6.02. The molecule has 0 unspecified atom stereocenters. The van der Waals surface area contributed by atoms with Crippen LogP contribution in [0, 0.1) is 6.92 Å². The van der Waals surface area contributed by atoms with E-state index in [1.165, 1.54) is 5.56 Å². The van der Waals surface area contributed by atoms with Crippen LogP contribution in [-0.4, -0.2) is 29.2 Å². The molecule has 3 heteroatoms. The van der Waals surface area contributed by atoms with Crippen LogP contribution in [0.4, 0.5) is 0 Å². The normalized spacial score (nSPS) is 11.4. The van der Waals surface area contributed by atoms with Crippen molar-refractivity contribution in [3.8, 4) is 0 Å². The highest BCUT2D eigenvalue weighted by molar-refractivity contribution is 6.31. The Balaban J connectivity index is 2.73. The highest BCUT2D eigenvalue weighted by Gasteiger charge is 2.09. The second-order valence-electron chi connectivity index (χ2n) is 4.37. The highest BCUT2D eigenvalue weighted by atomic mass is 35.5. The molecule has 0 amide bonds. The third-order valence-electron chi connectivity index (χ3n) is 2.73. The third kappa shape index (κ3) is 3.78. The maximum atomic E-state index is 9.00. The minimum absolute atomic E-state index is 0.199. The van der Waals surface area contributed by atoms with E-state index in [4.69, 9.17) is 16.7 Å². The van der Waals surface area contributed by atoms with E-state index >= 15 is 0 Å². The molecule has 0 aliphatic heterocycles. The van der Waals surface area contributed by atoms with Crippen molar-refractivity contribution in [1.29, 1.82) is 0 Å². The lowest BCUT2D eigenvalue weighted by Crippen LogP contribution is -2.32. The Morgan fingerprint density at radius 2 is 2.06 bits per heavy atom. The van der Waals surface area contributed by atoms with Gasteiger partial charge < -0.3 is 5.11 Å². The van der Waals surface area contributed by atoms with Gasteiger partial charge in [0, 0.05) is 24.2 Å². The molecule has 1 aromatic rings. The summed E-state index contributed by atoms with van der Waals surface area (Å²) in [6.45, 7) is 8.05. The van der Waals surface area contributed by atoms with Crippen LogP contribution in [0.3, 0.4) is 0 Å². The van der Waals surface area contributed by atoms with E-state index in [9.17, 15) is 0 Å². The maximum Gasteiger partial charge on any atom is 0.0558 e. The van der Waals surface area contributed by atoms with Crippen molar-refractivity contribution >= 4 is 11.6 Å². The van der Waals surface area contributed by atoms with Gasteiger partial charge in [-0.05, 0) is 38.0 Å². The third-order valence-corrected chi connectivity index (χ3v) is 3.15. The van der Waals surface area contributed by atoms with Crippen molar-refractivity contribution in [1.82, 2.24) is 4.90 Å². The monoisotopic (exact) mass is 241 g/mol. The van der Waals surface area contributed by atoms with Gasteiger partial charge >= 0.3 is 0 Å². The fourth-order valence-electron chi connectivity index (χ4n) is 1.69. The number of hydrogen-bond acceptors (Lipinski definition) is 2. The van der Waals surface area contributed by atoms with Gasteiger partial charge in [-0.1, -0.05) is 23.7 Å². The molecular formula is C13H20ClNO. The van der Waals surface area contributed by atoms with Crippen LogP contribution in [0.15, 0.2) is 18.2 Å². The lowest BCUT2D eigenvalue weighted by molar-refractivity contribution is 0.159. The van der Waals surface area contributed by atoms with Gasteiger partial charge in [-0.25, -0.2) is 0 Å². The Bertz CT molecular complexity index is 339. The van der Waals surface area contributed by atoms with Crippen LogP contribution >= 0.6 is 11.6 Å². The molecule has 0 fully saturated rings. The lowest BCUT2D eigenvalue weighted by atomic mass is 10.1. The van der Waals surface area contributed by atoms with Crippen LogP contribution in [0.1, 0.15) is 25.0 Å². The molecule has 0 radical (unpaired) electrons. The SMILES string of the molecule is Cc1cc(CN(CCO)C(C)C)ccc1Cl. The summed E-state index contributed by atoms with van der Waals surface area (Å²) in [6.07, 6.45) is 0. The van der Waals surface area contributed by atoms with E-state index in [2.05, 4.69) is 24.8 Å². The zero-order chi connectivity index (χ0) is 12.1. The molecule has 1 N–H and O–H groups in total. The molecule has 0 saturated heterocycles. The van der Waals surface area contributed by atoms with Crippen LogP contribution in [-0.2, 0) is 6.54 Å². The molecule has 0 saturated carbocycles. The quantitative estimate of drug-likeness (QED) is 0.857. The van der Waals surface area contributed by atoms with E-state index < -0.39 is 0 Å². The van der Waals surface area contributed by atoms with Gasteiger partial charge in [0.2, 0.25) is 0 Å². The number of rotatable bonds is 5. The standard InChI is InChI=1S/C13H20ClNO/c1-10(2)15(6-7-16)9-12-4-5-13(14)11(3)8-12/h4-5,8,10,16H,6-7,9H2,1-3H3. The predicted molar refractivity (Wildman–Crippen MR) is 68.8 cm³/mol. The van der Waals surface area contributed by atoms with Crippen molar-refractivity contribution in [3.63, 3.8) is 0 Å². The second-order valence-corrected chi connectivity index (χ2v) is 4.78. The first kappa shape index (κ1) is 13.5. The molecule has 0 atom stereocenters.